The highest BCUT2D eigenvalue weighted by Crippen LogP contribution is 2.33. The van der Waals surface area contributed by atoms with Crippen molar-refractivity contribution in [1.82, 2.24) is 19.5 Å². The van der Waals surface area contributed by atoms with Crippen molar-refractivity contribution in [3.8, 4) is 0 Å². The molecule has 136 valence electrons. The van der Waals surface area contributed by atoms with Crippen LogP contribution >= 0.6 is 0 Å². The lowest BCUT2D eigenvalue weighted by molar-refractivity contribution is -0.0459. The second kappa shape index (κ2) is 7.40. The number of anilines is 1. The Balaban J connectivity index is 1.86. The quantitative estimate of drug-likeness (QED) is 0.525. The summed E-state index contributed by atoms with van der Waals surface area (Å²) in [6.07, 6.45) is -0.768. The molecule has 3 heterocycles. The van der Waals surface area contributed by atoms with Crippen molar-refractivity contribution in [2.75, 3.05) is 25.1 Å². The number of aromatic nitrogens is 4. The molecule has 0 aliphatic carbocycles. The van der Waals surface area contributed by atoms with Crippen LogP contribution in [0.2, 0.25) is 0 Å². The molecule has 1 fully saturated rings. The molecule has 4 N–H and O–H groups in total. The van der Waals surface area contributed by atoms with Crippen LogP contribution in [0.5, 0.6) is 0 Å². The number of ether oxygens (including phenoxy) is 1. The van der Waals surface area contributed by atoms with E-state index in [9.17, 15) is 9.50 Å². The summed E-state index contributed by atoms with van der Waals surface area (Å²) < 4.78 is 21.1. The van der Waals surface area contributed by atoms with Crippen LogP contribution < -0.4 is 5.32 Å². The molecule has 0 aromatic carbocycles. The van der Waals surface area contributed by atoms with E-state index in [-0.39, 0.29) is 6.61 Å². The summed E-state index contributed by atoms with van der Waals surface area (Å²) in [5, 5.41) is 31.0. The first kappa shape index (κ1) is 17.7. The smallest absolute Gasteiger partial charge is 0.173 e. The number of halogens is 1. The summed E-state index contributed by atoms with van der Waals surface area (Å²) >= 11 is 0. The third kappa shape index (κ3) is 3.33. The van der Waals surface area contributed by atoms with E-state index in [0.29, 0.717) is 23.5 Å². The number of imidazole rings is 1. The average molecular weight is 353 g/mol. The fourth-order valence-electron chi connectivity index (χ4n) is 2.63. The molecule has 1 unspecified atom stereocenters. The molecule has 1 aliphatic rings. The molecule has 10 heteroatoms. The van der Waals surface area contributed by atoms with E-state index < -0.39 is 31.2 Å². The van der Waals surface area contributed by atoms with Crippen molar-refractivity contribution in [2.45, 2.75) is 31.5 Å². The number of hydrogen-bond acceptors (Lipinski definition) is 8. The maximum Gasteiger partial charge on any atom is 0.173 e. The van der Waals surface area contributed by atoms with Crippen molar-refractivity contribution < 1.29 is 24.4 Å². The molecule has 1 aliphatic heterocycles. The largest absolute Gasteiger partial charge is 0.394 e. The van der Waals surface area contributed by atoms with Crippen molar-refractivity contribution >= 4 is 17.0 Å². The Labute approximate surface area is 142 Å². The Bertz CT molecular complexity index is 767. The summed E-state index contributed by atoms with van der Waals surface area (Å²) in [5.74, 6) is 0.457. The van der Waals surface area contributed by atoms with Crippen LogP contribution in [0.15, 0.2) is 24.3 Å². The molecule has 0 saturated carbocycles. The van der Waals surface area contributed by atoms with Gasteiger partial charge in [-0.25, -0.2) is 19.3 Å². The van der Waals surface area contributed by atoms with Gasteiger partial charge in [0.05, 0.1) is 19.5 Å². The molecule has 0 amide bonds. The van der Waals surface area contributed by atoms with Gasteiger partial charge in [0, 0.05) is 6.54 Å². The second-order valence-corrected chi connectivity index (χ2v) is 5.82. The lowest BCUT2D eigenvalue weighted by atomic mass is 10.1. The number of alkyl halides is 1. The molecule has 4 atom stereocenters. The highest BCUT2D eigenvalue weighted by molar-refractivity contribution is 5.82. The lowest BCUT2D eigenvalue weighted by Gasteiger charge is -2.15. The zero-order chi connectivity index (χ0) is 18.0. The van der Waals surface area contributed by atoms with Crippen molar-refractivity contribution in [2.24, 2.45) is 0 Å². The van der Waals surface area contributed by atoms with Gasteiger partial charge in [-0.05, 0) is 6.92 Å². The zero-order valence-corrected chi connectivity index (χ0v) is 13.6. The van der Waals surface area contributed by atoms with E-state index >= 15 is 0 Å². The standard InChI is InChI=1S/C15H20FN5O4/c1-8(4-22)2-3-17-13-11-14(19-6-18-13)21(7-20-11)15-10(16)12(24)9(5-23)25-15/h2,6-7,9-10,12,15,22-24H,3-5H2,1H3,(H,17,18,19)/b8-2+/t9-,10+,12?,15-/m1/s1. The molecule has 2 aromatic heterocycles. The zero-order valence-electron chi connectivity index (χ0n) is 13.6. The topological polar surface area (TPSA) is 126 Å². The van der Waals surface area contributed by atoms with Gasteiger partial charge in [-0.1, -0.05) is 11.6 Å². The number of hydrogen-bond donors (Lipinski definition) is 4. The summed E-state index contributed by atoms with van der Waals surface area (Å²) in [5.41, 5.74) is 1.58. The number of rotatable bonds is 6. The maximum atomic E-state index is 14.3. The normalized spacial score (nSPS) is 27.2. The molecule has 3 rings (SSSR count). The monoisotopic (exact) mass is 353 g/mol. The Hall–Kier alpha value is -2.14. The van der Waals surface area contributed by atoms with Gasteiger partial charge in [0.1, 0.15) is 18.5 Å². The minimum Gasteiger partial charge on any atom is -0.394 e. The predicted octanol–water partition coefficient (Wildman–Crippen LogP) is -0.234. The van der Waals surface area contributed by atoms with E-state index in [4.69, 9.17) is 14.9 Å². The maximum absolute atomic E-state index is 14.3. The van der Waals surface area contributed by atoms with Crippen LogP contribution in [-0.4, -0.2) is 73.0 Å². The van der Waals surface area contributed by atoms with Crippen LogP contribution in [0, 0.1) is 0 Å². The van der Waals surface area contributed by atoms with Gasteiger partial charge in [0.25, 0.3) is 0 Å². The van der Waals surface area contributed by atoms with E-state index in [1.54, 1.807) is 6.92 Å². The summed E-state index contributed by atoms with van der Waals surface area (Å²) in [6, 6.07) is 0. The first-order valence-electron chi connectivity index (χ1n) is 7.83. The summed E-state index contributed by atoms with van der Waals surface area (Å²) in [7, 11) is 0. The number of nitrogens with one attached hydrogen (secondary N) is 1. The van der Waals surface area contributed by atoms with Gasteiger partial charge in [-0.15, -0.1) is 0 Å². The van der Waals surface area contributed by atoms with Gasteiger partial charge < -0.3 is 25.4 Å². The molecular formula is C15H20FN5O4. The van der Waals surface area contributed by atoms with Crippen LogP contribution in [0.25, 0.3) is 11.2 Å². The van der Waals surface area contributed by atoms with Crippen LogP contribution in [0.1, 0.15) is 13.2 Å². The van der Waals surface area contributed by atoms with Crippen LogP contribution in [0.3, 0.4) is 0 Å². The minimum absolute atomic E-state index is 0.0270. The fourth-order valence-corrected chi connectivity index (χ4v) is 2.63. The number of nitrogens with zero attached hydrogens (tertiary/aromatic N) is 4. The fraction of sp³-hybridized carbons (Fsp3) is 0.533. The first-order valence-corrected chi connectivity index (χ1v) is 7.83. The first-order chi connectivity index (χ1) is 12.1. The van der Waals surface area contributed by atoms with Crippen LogP contribution in [-0.2, 0) is 4.74 Å². The molecule has 0 radical (unpaired) electrons. The number of aliphatic hydroxyl groups excluding tert-OH is 3. The molecule has 9 nitrogen and oxygen atoms in total. The lowest BCUT2D eigenvalue weighted by Crippen LogP contribution is -2.30. The summed E-state index contributed by atoms with van der Waals surface area (Å²) in [6.45, 7) is 1.72. The highest BCUT2D eigenvalue weighted by atomic mass is 19.1. The van der Waals surface area contributed by atoms with Crippen molar-refractivity contribution in [3.05, 3.63) is 24.3 Å². The second-order valence-electron chi connectivity index (χ2n) is 5.82. The van der Waals surface area contributed by atoms with Gasteiger partial charge in [0.2, 0.25) is 0 Å². The average Bonchev–Trinajstić information content (AvgIpc) is 3.17. The van der Waals surface area contributed by atoms with Gasteiger partial charge in [0.15, 0.2) is 29.4 Å². The molecular weight excluding hydrogens is 333 g/mol. The molecule has 2 aromatic rings. The minimum atomic E-state index is -1.71. The molecule has 25 heavy (non-hydrogen) atoms. The third-order valence-corrected chi connectivity index (χ3v) is 4.08. The number of aliphatic hydroxyl groups is 3. The SMILES string of the molecule is C/C(=C\CNc1ncnc2c1ncn2[C@@H]1O[C@H](CO)C(O)[C@@H]1F)CO. The Morgan fingerprint density at radius 1 is 1.40 bits per heavy atom. The summed E-state index contributed by atoms with van der Waals surface area (Å²) in [4.78, 5) is 12.4. The van der Waals surface area contributed by atoms with E-state index in [0.717, 1.165) is 5.57 Å². The van der Waals surface area contributed by atoms with E-state index in [2.05, 4.69) is 20.3 Å². The third-order valence-electron chi connectivity index (χ3n) is 4.08. The van der Waals surface area contributed by atoms with E-state index in [1.807, 2.05) is 6.08 Å². The van der Waals surface area contributed by atoms with Gasteiger partial charge in [-0.3, -0.25) is 4.57 Å². The molecule has 0 bridgehead atoms. The Kier molecular flexibility index (Phi) is 5.23. The number of fused-ring (bicyclic) bond motifs is 1. The van der Waals surface area contributed by atoms with Gasteiger partial charge in [-0.2, -0.15) is 0 Å². The van der Waals surface area contributed by atoms with Gasteiger partial charge >= 0.3 is 0 Å². The Morgan fingerprint density at radius 3 is 2.88 bits per heavy atom. The molecule has 1 saturated heterocycles. The Morgan fingerprint density at radius 2 is 2.20 bits per heavy atom. The highest BCUT2D eigenvalue weighted by Gasteiger charge is 2.45. The van der Waals surface area contributed by atoms with Crippen molar-refractivity contribution in [1.29, 1.82) is 0 Å². The van der Waals surface area contributed by atoms with Crippen molar-refractivity contribution in [3.63, 3.8) is 0 Å². The predicted molar refractivity (Wildman–Crippen MR) is 86.6 cm³/mol. The van der Waals surface area contributed by atoms with E-state index in [1.165, 1.54) is 17.2 Å². The molecule has 0 spiro atoms. The van der Waals surface area contributed by atoms with Crippen LogP contribution in [0.4, 0.5) is 10.2 Å².